The van der Waals surface area contributed by atoms with Gasteiger partial charge in [0, 0.05) is 24.1 Å². The third-order valence-electron chi connectivity index (χ3n) is 3.01. The predicted molar refractivity (Wildman–Crippen MR) is 89.2 cm³/mol. The van der Waals surface area contributed by atoms with Crippen LogP contribution in [0.25, 0.3) is 0 Å². The van der Waals surface area contributed by atoms with Crippen LogP contribution in [-0.2, 0) is 5.75 Å². The lowest BCUT2D eigenvalue weighted by atomic mass is 10.3. The van der Waals surface area contributed by atoms with Gasteiger partial charge in [-0.2, -0.15) is 8.78 Å². The van der Waals surface area contributed by atoms with Crippen LogP contribution in [-0.4, -0.2) is 26.9 Å². The summed E-state index contributed by atoms with van der Waals surface area (Å²) in [6.45, 7) is -2.59. The van der Waals surface area contributed by atoms with Gasteiger partial charge in [-0.1, -0.05) is 29.2 Å². The number of hydrogen-bond donors (Lipinski definition) is 1. The average Bonchev–Trinajstić information content (AvgIpc) is 3.22. The number of alkyl halides is 2. The van der Waals surface area contributed by atoms with E-state index in [-0.39, 0.29) is 0 Å². The lowest BCUT2D eigenvalue weighted by Gasteiger charge is -2.04. The van der Waals surface area contributed by atoms with Crippen LogP contribution in [0.15, 0.2) is 41.0 Å². The summed E-state index contributed by atoms with van der Waals surface area (Å²) in [5.41, 5.74) is 0.829. The number of aromatic nitrogens is 4. The molecular weight excluding hydrogens is 356 g/mol. The molecule has 0 aliphatic heterocycles. The number of methoxy groups -OCH3 is 1. The minimum absolute atomic E-state index is 0.297. The van der Waals surface area contributed by atoms with E-state index in [1.165, 1.54) is 35.5 Å². The van der Waals surface area contributed by atoms with Crippen LogP contribution in [0, 0.1) is 0 Å². The molecule has 1 N–H and O–H groups in total. The van der Waals surface area contributed by atoms with E-state index in [4.69, 9.17) is 4.74 Å². The quantitative estimate of drug-likeness (QED) is 0.631. The van der Waals surface area contributed by atoms with Crippen LogP contribution in [0.3, 0.4) is 0 Å². The van der Waals surface area contributed by atoms with Gasteiger partial charge in [0.25, 0.3) is 0 Å². The van der Waals surface area contributed by atoms with Gasteiger partial charge in [0.1, 0.15) is 11.6 Å². The molecule has 0 bridgehead atoms. The number of hydrogen-bond acceptors (Lipinski definition) is 7. The number of nitrogens with one attached hydrogen (secondary N) is 1. The van der Waals surface area contributed by atoms with E-state index in [1.54, 1.807) is 7.11 Å². The molecule has 0 spiro atoms. The lowest BCUT2D eigenvalue weighted by Crippen LogP contribution is -2.01. The second kappa shape index (κ2) is 7.58. The molecule has 0 aliphatic carbocycles. The van der Waals surface area contributed by atoms with Crippen molar-refractivity contribution in [1.82, 2.24) is 19.7 Å². The van der Waals surface area contributed by atoms with Crippen LogP contribution in [0.4, 0.5) is 19.6 Å². The Morgan fingerprint density at radius 1 is 1.38 bits per heavy atom. The van der Waals surface area contributed by atoms with Crippen LogP contribution in [0.2, 0.25) is 0 Å². The Labute approximate surface area is 144 Å². The molecule has 2 aromatic heterocycles. The molecule has 0 unspecified atom stereocenters. The molecule has 0 amide bonds. The first-order valence-corrected chi connectivity index (χ1v) is 8.63. The summed E-state index contributed by atoms with van der Waals surface area (Å²) in [7, 11) is 1.60. The summed E-state index contributed by atoms with van der Waals surface area (Å²) in [5, 5.41) is 11.8. The first kappa shape index (κ1) is 16.7. The van der Waals surface area contributed by atoms with Crippen LogP contribution in [0.1, 0.15) is 12.4 Å². The number of imidazole rings is 1. The molecule has 6 nitrogen and oxygen atoms in total. The largest absolute Gasteiger partial charge is 0.497 e. The van der Waals surface area contributed by atoms with Gasteiger partial charge in [-0.05, 0) is 12.1 Å². The number of benzene rings is 1. The van der Waals surface area contributed by atoms with Crippen LogP contribution < -0.4 is 10.1 Å². The zero-order chi connectivity index (χ0) is 16.9. The SMILES string of the molecule is COc1cccc(Nc2nnc(SCc3nccn3C(F)F)s2)c1. The second-order valence-corrected chi connectivity index (χ2v) is 6.75. The first-order valence-electron chi connectivity index (χ1n) is 6.83. The van der Waals surface area contributed by atoms with Gasteiger partial charge in [0.05, 0.1) is 12.9 Å². The summed E-state index contributed by atoms with van der Waals surface area (Å²) in [5.74, 6) is 1.33. The Morgan fingerprint density at radius 3 is 3.04 bits per heavy atom. The molecule has 0 fully saturated rings. The van der Waals surface area contributed by atoms with Crippen molar-refractivity contribution in [3.8, 4) is 5.75 Å². The highest BCUT2D eigenvalue weighted by molar-refractivity contribution is 8.00. The minimum Gasteiger partial charge on any atom is -0.497 e. The highest BCUT2D eigenvalue weighted by Gasteiger charge is 2.13. The fourth-order valence-corrected chi connectivity index (χ4v) is 3.62. The van der Waals surface area contributed by atoms with Crippen molar-refractivity contribution in [3.05, 3.63) is 42.5 Å². The van der Waals surface area contributed by atoms with Gasteiger partial charge in [-0.15, -0.1) is 10.2 Å². The van der Waals surface area contributed by atoms with Crippen molar-refractivity contribution in [2.75, 3.05) is 12.4 Å². The Hall–Kier alpha value is -2.20. The number of ether oxygens (including phenoxy) is 1. The van der Waals surface area contributed by atoms with Gasteiger partial charge < -0.3 is 10.1 Å². The van der Waals surface area contributed by atoms with E-state index in [9.17, 15) is 8.78 Å². The monoisotopic (exact) mass is 369 g/mol. The maximum Gasteiger partial charge on any atom is 0.319 e. The van der Waals surface area contributed by atoms with E-state index in [0.717, 1.165) is 16.0 Å². The first-order chi connectivity index (χ1) is 11.7. The molecule has 1 aromatic carbocycles. The Bertz CT molecular complexity index is 808. The second-order valence-electron chi connectivity index (χ2n) is 4.55. The smallest absolute Gasteiger partial charge is 0.319 e. The third-order valence-corrected chi connectivity index (χ3v) is 4.98. The maximum atomic E-state index is 12.8. The molecule has 0 atom stereocenters. The summed E-state index contributed by atoms with van der Waals surface area (Å²) in [6, 6.07) is 7.43. The molecule has 126 valence electrons. The van der Waals surface area contributed by atoms with Crippen molar-refractivity contribution >= 4 is 33.9 Å². The number of thioether (sulfide) groups is 1. The van der Waals surface area contributed by atoms with E-state index in [0.29, 0.717) is 21.0 Å². The lowest BCUT2D eigenvalue weighted by molar-refractivity contribution is 0.0678. The highest BCUT2D eigenvalue weighted by Crippen LogP contribution is 2.30. The summed E-state index contributed by atoms with van der Waals surface area (Å²) >= 11 is 2.65. The Balaban J connectivity index is 1.62. The summed E-state index contributed by atoms with van der Waals surface area (Å²) in [6.07, 6.45) is 2.62. The molecular formula is C14H13F2N5OS2. The summed E-state index contributed by atoms with van der Waals surface area (Å²) in [4.78, 5) is 3.94. The minimum atomic E-state index is -2.59. The molecule has 3 aromatic rings. The zero-order valence-corrected chi connectivity index (χ0v) is 14.2. The fourth-order valence-electron chi connectivity index (χ4n) is 1.90. The number of anilines is 2. The summed E-state index contributed by atoms with van der Waals surface area (Å²) < 4.78 is 32.2. The standard InChI is InChI=1S/C14H13F2N5OS2/c1-22-10-4-2-3-9(7-10)18-13-19-20-14(24-13)23-8-11-17-5-6-21(11)12(15)16/h2-7,12H,8H2,1H3,(H,18,19). The van der Waals surface area contributed by atoms with E-state index < -0.39 is 6.55 Å². The predicted octanol–water partition coefficient (Wildman–Crippen LogP) is 4.17. The molecule has 3 rings (SSSR count). The maximum absolute atomic E-state index is 12.8. The van der Waals surface area contributed by atoms with Gasteiger partial charge in [0.2, 0.25) is 5.13 Å². The molecule has 24 heavy (non-hydrogen) atoms. The number of nitrogens with zero attached hydrogens (tertiary/aromatic N) is 4. The van der Waals surface area contributed by atoms with Crippen molar-refractivity contribution in [2.24, 2.45) is 0 Å². The fraction of sp³-hybridized carbons (Fsp3) is 0.214. The number of halogens is 2. The van der Waals surface area contributed by atoms with Crippen molar-refractivity contribution in [2.45, 2.75) is 16.6 Å². The molecule has 2 heterocycles. The van der Waals surface area contributed by atoms with Gasteiger partial charge in [-0.25, -0.2) is 4.98 Å². The molecule has 0 saturated heterocycles. The van der Waals surface area contributed by atoms with Crippen molar-refractivity contribution in [1.29, 1.82) is 0 Å². The van der Waals surface area contributed by atoms with Gasteiger partial charge in [0.15, 0.2) is 4.34 Å². The normalized spacial score (nSPS) is 11.0. The zero-order valence-electron chi connectivity index (χ0n) is 12.5. The van der Waals surface area contributed by atoms with Crippen LogP contribution in [0.5, 0.6) is 5.75 Å². The number of rotatable bonds is 7. The van der Waals surface area contributed by atoms with Gasteiger partial charge in [-0.3, -0.25) is 4.57 Å². The van der Waals surface area contributed by atoms with Crippen molar-refractivity contribution in [3.63, 3.8) is 0 Å². The van der Waals surface area contributed by atoms with Gasteiger partial charge >= 0.3 is 6.55 Å². The average molecular weight is 369 g/mol. The molecule has 0 aliphatic rings. The Morgan fingerprint density at radius 2 is 2.25 bits per heavy atom. The van der Waals surface area contributed by atoms with E-state index >= 15 is 0 Å². The third kappa shape index (κ3) is 4.01. The van der Waals surface area contributed by atoms with E-state index in [1.807, 2.05) is 24.3 Å². The molecule has 10 heteroatoms. The topological polar surface area (TPSA) is 64.9 Å². The molecule has 0 radical (unpaired) electrons. The van der Waals surface area contributed by atoms with E-state index in [2.05, 4.69) is 20.5 Å². The van der Waals surface area contributed by atoms with Crippen molar-refractivity contribution < 1.29 is 13.5 Å². The highest BCUT2D eigenvalue weighted by atomic mass is 32.2. The Kier molecular flexibility index (Phi) is 5.26. The van der Waals surface area contributed by atoms with Crippen LogP contribution >= 0.6 is 23.1 Å². The molecule has 0 saturated carbocycles.